The van der Waals surface area contributed by atoms with Crippen LogP contribution in [0.3, 0.4) is 0 Å². The van der Waals surface area contributed by atoms with Crippen molar-refractivity contribution in [3.05, 3.63) is 23.8 Å². The molecule has 0 aliphatic carbocycles. The van der Waals surface area contributed by atoms with E-state index < -0.39 is 0 Å². The Morgan fingerprint density at radius 3 is 2.79 bits per heavy atom. The molecule has 74 valence electrons. The van der Waals surface area contributed by atoms with Gasteiger partial charge in [0.25, 0.3) is 0 Å². The molecule has 0 aliphatic heterocycles. The number of thiophene rings is 1. The standard InChI is InChI=1S/C11H12OS2/c1-3-7-4-8-5-11(13-2)14-10(8)6-9(7)12/h4-6,12H,3H2,1-2H3. The van der Waals surface area contributed by atoms with Gasteiger partial charge in [-0.05, 0) is 41.8 Å². The molecule has 0 unspecified atom stereocenters. The van der Waals surface area contributed by atoms with E-state index in [2.05, 4.69) is 25.3 Å². The summed E-state index contributed by atoms with van der Waals surface area (Å²) >= 11 is 3.48. The van der Waals surface area contributed by atoms with Crippen LogP contribution in [0.25, 0.3) is 10.1 Å². The van der Waals surface area contributed by atoms with Gasteiger partial charge in [0.05, 0.1) is 4.21 Å². The third kappa shape index (κ3) is 1.62. The highest BCUT2D eigenvalue weighted by molar-refractivity contribution is 8.00. The minimum atomic E-state index is 0.425. The van der Waals surface area contributed by atoms with E-state index in [-0.39, 0.29) is 0 Å². The lowest BCUT2D eigenvalue weighted by atomic mass is 10.1. The molecule has 0 aliphatic rings. The number of rotatable bonds is 2. The first-order valence-corrected chi connectivity index (χ1v) is 6.58. The maximum Gasteiger partial charge on any atom is 0.120 e. The fraction of sp³-hybridized carbons (Fsp3) is 0.273. The van der Waals surface area contributed by atoms with Crippen molar-refractivity contribution in [2.45, 2.75) is 17.6 Å². The number of thioether (sulfide) groups is 1. The normalized spacial score (nSPS) is 11.0. The summed E-state index contributed by atoms with van der Waals surface area (Å²) in [7, 11) is 0. The van der Waals surface area contributed by atoms with Crippen LogP contribution in [0, 0.1) is 0 Å². The van der Waals surface area contributed by atoms with Crippen molar-refractivity contribution in [2.75, 3.05) is 6.26 Å². The molecule has 0 radical (unpaired) electrons. The number of hydrogen-bond donors (Lipinski definition) is 1. The molecule has 14 heavy (non-hydrogen) atoms. The summed E-state index contributed by atoms with van der Waals surface area (Å²) in [5.41, 5.74) is 1.03. The molecule has 0 saturated carbocycles. The second-order valence-electron chi connectivity index (χ2n) is 3.14. The van der Waals surface area contributed by atoms with Crippen LogP contribution in [0.15, 0.2) is 22.4 Å². The molecular weight excluding hydrogens is 212 g/mol. The van der Waals surface area contributed by atoms with Crippen molar-refractivity contribution >= 4 is 33.2 Å². The number of aryl methyl sites for hydroxylation is 1. The zero-order valence-corrected chi connectivity index (χ0v) is 9.84. The van der Waals surface area contributed by atoms with Crippen molar-refractivity contribution in [3.63, 3.8) is 0 Å². The van der Waals surface area contributed by atoms with Crippen LogP contribution in [0.5, 0.6) is 5.75 Å². The van der Waals surface area contributed by atoms with Crippen LogP contribution in [0.1, 0.15) is 12.5 Å². The zero-order valence-electron chi connectivity index (χ0n) is 8.20. The van der Waals surface area contributed by atoms with Crippen LogP contribution < -0.4 is 0 Å². The summed E-state index contributed by atoms with van der Waals surface area (Å²) in [6.07, 6.45) is 2.96. The van der Waals surface area contributed by atoms with Gasteiger partial charge in [-0.2, -0.15) is 0 Å². The maximum absolute atomic E-state index is 9.69. The van der Waals surface area contributed by atoms with Crippen molar-refractivity contribution in [3.8, 4) is 5.75 Å². The van der Waals surface area contributed by atoms with Gasteiger partial charge in [-0.3, -0.25) is 0 Å². The zero-order chi connectivity index (χ0) is 10.1. The predicted octanol–water partition coefficient (Wildman–Crippen LogP) is 3.89. The van der Waals surface area contributed by atoms with Gasteiger partial charge in [0.15, 0.2) is 0 Å². The summed E-state index contributed by atoms with van der Waals surface area (Å²) in [5.74, 6) is 0.425. The Balaban J connectivity index is 2.64. The fourth-order valence-corrected chi connectivity index (χ4v) is 3.14. The maximum atomic E-state index is 9.69. The number of hydrogen-bond acceptors (Lipinski definition) is 3. The van der Waals surface area contributed by atoms with E-state index in [9.17, 15) is 5.11 Å². The quantitative estimate of drug-likeness (QED) is 0.781. The van der Waals surface area contributed by atoms with Crippen LogP contribution >= 0.6 is 23.1 Å². The molecule has 0 fully saturated rings. The summed E-state index contributed by atoms with van der Waals surface area (Å²) in [4.78, 5) is 0. The van der Waals surface area contributed by atoms with E-state index in [0.717, 1.165) is 12.0 Å². The molecule has 0 atom stereocenters. The minimum Gasteiger partial charge on any atom is -0.508 e. The van der Waals surface area contributed by atoms with E-state index in [1.54, 1.807) is 23.1 Å². The largest absolute Gasteiger partial charge is 0.508 e. The Morgan fingerprint density at radius 2 is 2.14 bits per heavy atom. The highest BCUT2D eigenvalue weighted by Crippen LogP contribution is 2.35. The summed E-state index contributed by atoms with van der Waals surface area (Å²) in [6, 6.07) is 6.14. The van der Waals surface area contributed by atoms with E-state index in [4.69, 9.17) is 0 Å². The van der Waals surface area contributed by atoms with E-state index in [1.165, 1.54) is 14.3 Å². The molecule has 2 aromatic rings. The minimum absolute atomic E-state index is 0.425. The summed E-state index contributed by atoms with van der Waals surface area (Å²) in [5, 5.41) is 10.9. The Hall–Kier alpha value is -0.670. The van der Waals surface area contributed by atoms with Gasteiger partial charge in [-0.25, -0.2) is 0 Å². The number of phenolic OH excluding ortho intramolecular Hbond substituents is 1. The average Bonchev–Trinajstić information content (AvgIpc) is 2.58. The highest BCUT2D eigenvalue weighted by Gasteiger charge is 2.05. The van der Waals surface area contributed by atoms with Gasteiger partial charge in [-0.15, -0.1) is 23.1 Å². The molecule has 1 aromatic carbocycles. The lowest BCUT2D eigenvalue weighted by Crippen LogP contribution is -1.79. The van der Waals surface area contributed by atoms with Gasteiger partial charge >= 0.3 is 0 Å². The summed E-state index contributed by atoms with van der Waals surface area (Å²) in [6.45, 7) is 2.06. The predicted molar refractivity (Wildman–Crippen MR) is 64.6 cm³/mol. The van der Waals surface area contributed by atoms with E-state index >= 15 is 0 Å². The molecular formula is C11H12OS2. The molecule has 0 bridgehead atoms. The molecule has 1 N–H and O–H groups in total. The third-order valence-electron chi connectivity index (χ3n) is 2.28. The molecule has 3 heteroatoms. The fourth-order valence-electron chi connectivity index (χ4n) is 1.48. The summed E-state index contributed by atoms with van der Waals surface area (Å²) < 4.78 is 2.47. The van der Waals surface area contributed by atoms with Gasteiger partial charge < -0.3 is 5.11 Å². The van der Waals surface area contributed by atoms with Gasteiger partial charge in [0, 0.05) is 4.70 Å². The molecule has 1 nitrogen and oxygen atoms in total. The first-order chi connectivity index (χ1) is 6.74. The number of benzene rings is 1. The smallest absolute Gasteiger partial charge is 0.120 e. The molecule has 2 rings (SSSR count). The van der Waals surface area contributed by atoms with Crippen molar-refractivity contribution in [1.29, 1.82) is 0 Å². The van der Waals surface area contributed by atoms with Crippen molar-refractivity contribution in [1.82, 2.24) is 0 Å². The Labute approximate surface area is 91.8 Å². The van der Waals surface area contributed by atoms with Crippen LogP contribution in [0.2, 0.25) is 0 Å². The number of fused-ring (bicyclic) bond motifs is 1. The second kappa shape index (κ2) is 3.83. The van der Waals surface area contributed by atoms with Crippen molar-refractivity contribution < 1.29 is 5.11 Å². The van der Waals surface area contributed by atoms with E-state index in [1.807, 2.05) is 6.07 Å². The Bertz CT molecular complexity index is 460. The first kappa shape index (κ1) is 9.87. The van der Waals surface area contributed by atoms with Gasteiger partial charge in [0.1, 0.15) is 5.75 Å². The topological polar surface area (TPSA) is 20.2 Å². The first-order valence-electron chi connectivity index (χ1n) is 4.54. The Kier molecular flexibility index (Phi) is 2.70. The van der Waals surface area contributed by atoms with Gasteiger partial charge in [-0.1, -0.05) is 6.92 Å². The van der Waals surface area contributed by atoms with E-state index in [0.29, 0.717) is 5.75 Å². The third-order valence-corrected chi connectivity index (χ3v) is 4.44. The molecule has 0 saturated heterocycles. The SMILES string of the molecule is CCc1cc2cc(SC)sc2cc1O. The average molecular weight is 224 g/mol. The lowest BCUT2D eigenvalue weighted by molar-refractivity contribution is 0.470. The Morgan fingerprint density at radius 1 is 1.36 bits per heavy atom. The van der Waals surface area contributed by atoms with Crippen LogP contribution in [-0.2, 0) is 6.42 Å². The van der Waals surface area contributed by atoms with Gasteiger partial charge in [0.2, 0.25) is 0 Å². The lowest BCUT2D eigenvalue weighted by Gasteiger charge is -2.00. The number of aromatic hydroxyl groups is 1. The van der Waals surface area contributed by atoms with Crippen LogP contribution in [-0.4, -0.2) is 11.4 Å². The van der Waals surface area contributed by atoms with Crippen LogP contribution in [0.4, 0.5) is 0 Å². The monoisotopic (exact) mass is 224 g/mol. The molecule has 1 heterocycles. The molecule has 0 spiro atoms. The molecule has 0 amide bonds. The highest BCUT2D eigenvalue weighted by atomic mass is 32.2. The van der Waals surface area contributed by atoms with Crippen molar-refractivity contribution in [2.24, 2.45) is 0 Å². The number of phenols is 1. The molecule has 1 aromatic heterocycles. The second-order valence-corrected chi connectivity index (χ2v) is 5.33.